The fourth-order valence-electron chi connectivity index (χ4n) is 1.85. The van der Waals surface area contributed by atoms with Gasteiger partial charge in [0.1, 0.15) is 0 Å². The van der Waals surface area contributed by atoms with Crippen LogP contribution >= 0.6 is 0 Å². The number of rotatable bonds is 12. The third kappa shape index (κ3) is 15.1. The highest BCUT2D eigenvalue weighted by Crippen LogP contribution is 2.04. The molecule has 0 amide bonds. The van der Waals surface area contributed by atoms with Gasteiger partial charge in [-0.25, -0.2) is 0 Å². The number of unbranched alkanes of at least 4 members (excludes halogenated alkanes) is 5. The number of allylic oxidation sites excluding steroid dienone is 5. The van der Waals surface area contributed by atoms with Gasteiger partial charge in [-0.2, -0.15) is 0 Å². The molecule has 0 aliphatic carbocycles. The van der Waals surface area contributed by atoms with E-state index in [1.807, 2.05) is 18.2 Å². The first-order valence-corrected chi connectivity index (χ1v) is 7.97. The fourth-order valence-corrected chi connectivity index (χ4v) is 1.85. The smallest absolute Gasteiger partial charge is 0.0723 e. The maximum absolute atomic E-state index is 9.66. The van der Waals surface area contributed by atoms with Crippen LogP contribution in [0, 0.1) is 0 Å². The van der Waals surface area contributed by atoms with Gasteiger partial charge in [-0.1, -0.05) is 82.4 Å². The predicted molar refractivity (Wildman–Crippen MR) is 86.3 cm³/mol. The van der Waals surface area contributed by atoms with Crippen molar-refractivity contribution in [1.29, 1.82) is 0 Å². The molecule has 1 N–H and O–H groups in total. The van der Waals surface area contributed by atoms with Gasteiger partial charge in [0, 0.05) is 0 Å². The van der Waals surface area contributed by atoms with E-state index < -0.39 is 0 Å². The molecule has 0 aliphatic rings. The van der Waals surface area contributed by atoms with Gasteiger partial charge in [0.2, 0.25) is 0 Å². The van der Waals surface area contributed by atoms with Crippen molar-refractivity contribution in [2.75, 3.05) is 0 Å². The van der Waals surface area contributed by atoms with Gasteiger partial charge < -0.3 is 5.11 Å². The van der Waals surface area contributed by atoms with Crippen LogP contribution in [0.2, 0.25) is 0 Å². The van der Waals surface area contributed by atoms with Gasteiger partial charge >= 0.3 is 0 Å². The van der Waals surface area contributed by atoms with Crippen LogP contribution in [0.3, 0.4) is 0 Å². The number of aliphatic hydroxyl groups excluding tert-OH is 1. The average Bonchev–Trinajstić information content (AvgIpc) is 2.41. The average molecular weight is 264 g/mol. The molecule has 1 unspecified atom stereocenters. The summed E-state index contributed by atoms with van der Waals surface area (Å²) < 4.78 is 0. The number of hydrogen-bond donors (Lipinski definition) is 1. The van der Waals surface area contributed by atoms with Crippen LogP contribution in [0.5, 0.6) is 0 Å². The molecule has 0 saturated carbocycles. The van der Waals surface area contributed by atoms with Crippen LogP contribution < -0.4 is 0 Å². The highest BCUT2D eigenvalue weighted by molar-refractivity contribution is 5.06. The van der Waals surface area contributed by atoms with E-state index in [-0.39, 0.29) is 6.10 Å². The van der Waals surface area contributed by atoms with Crippen molar-refractivity contribution in [1.82, 2.24) is 0 Å². The van der Waals surface area contributed by atoms with Crippen LogP contribution in [0.4, 0.5) is 0 Å². The van der Waals surface area contributed by atoms with E-state index in [1.54, 1.807) is 0 Å². The third-order valence-corrected chi connectivity index (χ3v) is 3.10. The van der Waals surface area contributed by atoms with Crippen LogP contribution in [0.25, 0.3) is 0 Å². The Balaban J connectivity index is 3.50. The second-order valence-corrected chi connectivity index (χ2v) is 5.08. The summed E-state index contributed by atoms with van der Waals surface area (Å²) in [5.41, 5.74) is 0. The van der Waals surface area contributed by atoms with E-state index in [4.69, 9.17) is 0 Å². The maximum atomic E-state index is 9.66. The molecule has 0 spiro atoms. The molecule has 0 saturated heterocycles. The normalized spacial score (nSPS) is 14.1. The fraction of sp³-hybridized carbons (Fsp3) is 0.667. The lowest BCUT2D eigenvalue weighted by atomic mass is 10.1. The highest BCUT2D eigenvalue weighted by atomic mass is 16.3. The summed E-state index contributed by atoms with van der Waals surface area (Å²) in [5, 5.41) is 9.66. The summed E-state index contributed by atoms with van der Waals surface area (Å²) in [4.78, 5) is 0. The maximum Gasteiger partial charge on any atom is 0.0723 e. The summed E-state index contributed by atoms with van der Waals surface area (Å²) in [6, 6.07) is 0. The molecule has 0 fully saturated rings. The lowest BCUT2D eigenvalue weighted by molar-refractivity contribution is 0.208. The van der Waals surface area contributed by atoms with Gasteiger partial charge in [0.05, 0.1) is 6.10 Å². The first kappa shape index (κ1) is 18.2. The lowest BCUT2D eigenvalue weighted by Gasteiger charge is -2.02. The Bertz CT molecular complexity index is 250. The molecule has 1 nitrogen and oxygen atoms in total. The van der Waals surface area contributed by atoms with Crippen molar-refractivity contribution in [2.24, 2.45) is 0 Å². The van der Waals surface area contributed by atoms with Crippen LogP contribution in [-0.2, 0) is 0 Å². The summed E-state index contributed by atoms with van der Waals surface area (Å²) in [7, 11) is 0. The Kier molecular flexibility index (Phi) is 14.6. The highest BCUT2D eigenvalue weighted by Gasteiger charge is 1.96. The van der Waals surface area contributed by atoms with Crippen molar-refractivity contribution in [3.05, 3.63) is 36.5 Å². The molecule has 0 radical (unpaired) electrons. The van der Waals surface area contributed by atoms with E-state index in [9.17, 15) is 5.11 Å². The summed E-state index contributed by atoms with van der Waals surface area (Å²) in [6.07, 6.45) is 22.8. The molecule has 0 aliphatic heterocycles. The molecule has 1 heteroatoms. The minimum absolute atomic E-state index is 0.277. The van der Waals surface area contributed by atoms with E-state index >= 15 is 0 Å². The SMILES string of the molecule is CCCCC/C=C\C/C=C\C=C\C(O)CCCCC. The molecule has 0 aromatic carbocycles. The van der Waals surface area contributed by atoms with E-state index in [1.165, 1.54) is 38.5 Å². The van der Waals surface area contributed by atoms with Gasteiger partial charge in [-0.15, -0.1) is 0 Å². The van der Waals surface area contributed by atoms with Gasteiger partial charge in [0.15, 0.2) is 0 Å². The molecule has 19 heavy (non-hydrogen) atoms. The van der Waals surface area contributed by atoms with Crippen LogP contribution in [0.15, 0.2) is 36.5 Å². The second-order valence-electron chi connectivity index (χ2n) is 5.08. The topological polar surface area (TPSA) is 20.2 Å². The molecular weight excluding hydrogens is 232 g/mol. The number of aliphatic hydroxyl groups is 1. The van der Waals surface area contributed by atoms with Gasteiger partial charge in [0.25, 0.3) is 0 Å². The van der Waals surface area contributed by atoms with Crippen LogP contribution in [-0.4, -0.2) is 11.2 Å². The molecule has 110 valence electrons. The summed E-state index contributed by atoms with van der Waals surface area (Å²) in [6.45, 7) is 4.41. The zero-order valence-corrected chi connectivity index (χ0v) is 12.9. The third-order valence-electron chi connectivity index (χ3n) is 3.10. The molecule has 0 bridgehead atoms. The second kappa shape index (κ2) is 15.2. The first-order chi connectivity index (χ1) is 9.31. The lowest BCUT2D eigenvalue weighted by Crippen LogP contribution is -2.00. The summed E-state index contributed by atoms with van der Waals surface area (Å²) in [5.74, 6) is 0. The monoisotopic (exact) mass is 264 g/mol. The van der Waals surface area contributed by atoms with Crippen LogP contribution in [0.1, 0.15) is 71.6 Å². The molecule has 1 atom stereocenters. The Hall–Kier alpha value is -0.820. The minimum Gasteiger partial charge on any atom is -0.389 e. The van der Waals surface area contributed by atoms with E-state index in [0.717, 1.165) is 19.3 Å². The standard InChI is InChI=1S/C18H32O/c1-3-5-7-8-9-10-11-12-13-15-17-18(19)16-14-6-4-2/h9-10,12-13,15,17-19H,3-8,11,14,16H2,1-2H3/b10-9-,13-12-,17-15+. The Morgan fingerprint density at radius 3 is 2.32 bits per heavy atom. The zero-order valence-electron chi connectivity index (χ0n) is 12.9. The largest absolute Gasteiger partial charge is 0.389 e. The van der Waals surface area contributed by atoms with Crippen molar-refractivity contribution in [3.63, 3.8) is 0 Å². The van der Waals surface area contributed by atoms with Crippen molar-refractivity contribution >= 4 is 0 Å². The molecule has 0 aromatic rings. The molecular formula is C18H32O. The van der Waals surface area contributed by atoms with Crippen molar-refractivity contribution < 1.29 is 5.11 Å². The van der Waals surface area contributed by atoms with Gasteiger partial charge in [-0.05, 0) is 25.7 Å². The minimum atomic E-state index is -0.277. The van der Waals surface area contributed by atoms with Gasteiger partial charge in [-0.3, -0.25) is 0 Å². The quantitative estimate of drug-likeness (QED) is 0.278. The number of hydrogen-bond acceptors (Lipinski definition) is 1. The Morgan fingerprint density at radius 1 is 0.842 bits per heavy atom. The van der Waals surface area contributed by atoms with Crippen molar-refractivity contribution in [3.8, 4) is 0 Å². The molecule has 0 rings (SSSR count). The zero-order chi connectivity index (χ0) is 14.2. The van der Waals surface area contributed by atoms with Crippen molar-refractivity contribution in [2.45, 2.75) is 77.7 Å². The molecule has 0 aromatic heterocycles. The Morgan fingerprint density at radius 2 is 1.58 bits per heavy atom. The summed E-state index contributed by atoms with van der Waals surface area (Å²) >= 11 is 0. The predicted octanol–water partition coefficient (Wildman–Crippen LogP) is 5.57. The molecule has 0 heterocycles. The van der Waals surface area contributed by atoms with E-state index in [0.29, 0.717) is 0 Å². The van der Waals surface area contributed by atoms with E-state index in [2.05, 4.69) is 32.1 Å². The first-order valence-electron chi connectivity index (χ1n) is 7.97. The Labute approximate surface area is 120 Å².